The first-order valence-corrected chi connectivity index (χ1v) is 5.40. The molecule has 0 aliphatic rings. The van der Waals surface area contributed by atoms with Gasteiger partial charge in [0.2, 0.25) is 0 Å². The molecular formula is C13H23ClN2. The maximum Gasteiger partial charge on any atom is 0.0231 e. The smallest absolute Gasteiger partial charge is 0.0231 e. The van der Waals surface area contributed by atoms with E-state index in [1.807, 2.05) is 0 Å². The van der Waals surface area contributed by atoms with E-state index in [1.165, 1.54) is 11.1 Å². The van der Waals surface area contributed by atoms with Gasteiger partial charge in [0.15, 0.2) is 0 Å². The quantitative estimate of drug-likeness (QED) is 0.880. The zero-order valence-corrected chi connectivity index (χ0v) is 11.5. The van der Waals surface area contributed by atoms with Crippen LogP contribution in [0.25, 0.3) is 0 Å². The van der Waals surface area contributed by atoms with Crippen LogP contribution in [-0.4, -0.2) is 24.0 Å². The van der Waals surface area contributed by atoms with Crippen LogP contribution < -0.4 is 5.73 Å². The van der Waals surface area contributed by atoms with Crippen LogP contribution in [0.15, 0.2) is 24.3 Å². The predicted molar refractivity (Wildman–Crippen MR) is 73.0 cm³/mol. The third-order valence-corrected chi connectivity index (χ3v) is 2.25. The van der Waals surface area contributed by atoms with Crippen molar-refractivity contribution in [1.82, 2.24) is 4.90 Å². The van der Waals surface area contributed by atoms with Gasteiger partial charge in [0.25, 0.3) is 0 Å². The van der Waals surface area contributed by atoms with Gasteiger partial charge >= 0.3 is 0 Å². The van der Waals surface area contributed by atoms with Gasteiger partial charge in [-0.25, -0.2) is 0 Å². The summed E-state index contributed by atoms with van der Waals surface area (Å²) < 4.78 is 0. The second-order valence-electron chi connectivity index (χ2n) is 5.15. The summed E-state index contributed by atoms with van der Waals surface area (Å²) in [7, 11) is 2.11. The Labute approximate surface area is 105 Å². The normalized spacial score (nSPS) is 11.4. The van der Waals surface area contributed by atoms with Crippen LogP contribution in [0.3, 0.4) is 0 Å². The number of likely N-dealkylation sites (N-methyl/N-ethyl adjacent to an activating group) is 1. The van der Waals surface area contributed by atoms with Crippen LogP contribution >= 0.6 is 12.4 Å². The number of benzene rings is 1. The third-order valence-electron chi connectivity index (χ3n) is 2.25. The Balaban J connectivity index is 0.00000225. The zero-order valence-electron chi connectivity index (χ0n) is 10.7. The zero-order chi connectivity index (χ0) is 11.5. The molecule has 0 amide bonds. The monoisotopic (exact) mass is 242 g/mol. The Morgan fingerprint density at radius 2 is 1.69 bits per heavy atom. The first kappa shape index (κ1) is 15.4. The Bertz CT molecular complexity index is 301. The average molecular weight is 243 g/mol. The molecule has 1 rings (SSSR count). The lowest BCUT2D eigenvalue weighted by Crippen LogP contribution is -2.43. The topological polar surface area (TPSA) is 29.3 Å². The fourth-order valence-electron chi connectivity index (χ4n) is 1.76. The van der Waals surface area contributed by atoms with Crippen LogP contribution in [-0.2, 0) is 6.54 Å². The van der Waals surface area contributed by atoms with Gasteiger partial charge in [0.05, 0.1) is 0 Å². The van der Waals surface area contributed by atoms with E-state index in [2.05, 4.69) is 57.0 Å². The molecule has 2 nitrogen and oxygen atoms in total. The van der Waals surface area contributed by atoms with Gasteiger partial charge in [-0.2, -0.15) is 0 Å². The number of hydrogen-bond donors (Lipinski definition) is 1. The SMILES string of the molecule is Cc1ccc(CN(C)CC(C)(C)N)cc1.Cl. The molecule has 3 heteroatoms. The fourth-order valence-corrected chi connectivity index (χ4v) is 1.76. The summed E-state index contributed by atoms with van der Waals surface area (Å²) in [6.45, 7) is 8.08. The molecule has 0 spiro atoms. The van der Waals surface area contributed by atoms with Crippen LogP contribution in [0, 0.1) is 6.92 Å². The van der Waals surface area contributed by atoms with E-state index in [0.717, 1.165) is 13.1 Å². The highest BCUT2D eigenvalue weighted by molar-refractivity contribution is 5.85. The van der Waals surface area contributed by atoms with Crippen LogP contribution in [0.1, 0.15) is 25.0 Å². The van der Waals surface area contributed by atoms with E-state index in [0.29, 0.717) is 0 Å². The maximum absolute atomic E-state index is 5.97. The minimum atomic E-state index is -0.126. The molecule has 0 radical (unpaired) electrons. The molecule has 0 atom stereocenters. The summed E-state index contributed by atoms with van der Waals surface area (Å²) in [4.78, 5) is 2.25. The average Bonchev–Trinajstić information content (AvgIpc) is 2.05. The minimum absolute atomic E-state index is 0. The Kier molecular flexibility index (Phi) is 6.01. The first-order chi connectivity index (χ1) is 6.87. The van der Waals surface area contributed by atoms with Crippen molar-refractivity contribution in [1.29, 1.82) is 0 Å². The summed E-state index contributed by atoms with van der Waals surface area (Å²) in [6, 6.07) is 8.65. The largest absolute Gasteiger partial charge is 0.324 e. The Morgan fingerprint density at radius 1 is 1.19 bits per heavy atom. The van der Waals surface area contributed by atoms with Crippen molar-refractivity contribution in [2.24, 2.45) is 5.73 Å². The van der Waals surface area contributed by atoms with Gasteiger partial charge in [-0.05, 0) is 33.4 Å². The van der Waals surface area contributed by atoms with Crippen molar-refractivity contribution in [3.63, 3.8) is 0 Å². The molecule has 0 aliphatic carbocycles. The van der Waals surface area contributed by atoms with Crippen molar-refractivity contribution in [2.75, 3.05) is 13.6 Å². The van der Waals surface area contributed by atoms with Crippen molar-refractivity contribution < 1.29 is 0 Å². The molecule has 0 bridgehead atoms. The van der Waals surface area contributed by atoms with Crippen LogP contribution in [0.2, 0.25) is 0 Å². The number of rotatable bonds is 4. The standard InChI is InChI=1S/C13H22N2.ClH/c1-11-5-7-12(8-6-11)9-15(4)10-13(2,3)14;/h5-8H,9-10,14H2,1-4H3;1H. The molecule has 0 unspecified atom stereocenters. The van der Waals surface area contributed by atoms with Crippen molar-refractivity contribution in [2.45, 2.75) is 32.9 Å². The van der Waals surface area contributed by atoms with Crippen LogP contribution in [0.5, 0.6) is 0 Å². The molecule has 0 aliphatic heterocycles. The second kappa shape index (κ2) is 6.24. The van der Waals surface area contributed by atoms with Gasteiger partial charge in [0, 0.05) is 18.6 Å². The minimum Gasteiger partial charge on any atom is -0.324 e. The van der Waals surface area contributed by atoms with Crippen molar-refractivity contribution in [3.05, 3.63) is 35.4 Å². The lowest BCUT2D eigenvalue weighted by molar-refractivity contribution is 0.263. The molecule has 2 N–H and O–H groups in total. The van der Waals surface area contributed by atoms with Gasteiger partial charge < -0.3 is 10.6 Å². The fraction of sp³-hybridized carbons (Fsp3) is 0.538. The van der Waals surface area contributed by atoms with Crippen molar-refractivity contribution >= 4 is 12.4 Å². The lowest BCUT2D eigenvalue weighted by atomic mass is 10.1. The summed E-state index contributed by atoms with van der Waals surface area (Å²) in [5.41, 5.74) is 8.49. The summed E-state index contributed by atoms with van der Waals surface area (Å²) in [6.07, 6.45) is 0. The van der Waals surface area contributed by atoms with E-state index < -0.39 is 0 Å². The number of nitrogens with zero attached hydrogens (tertiary/aromatic N) is 1. The molecule has 92 valence electrons. The molecular weight excluding hydrogens is 220 g/mol. The summed E-state index contributed by atoms with van der Waals surface area (Å²) >= 11 is 0. The highest BCUT2D eigenvalue weighted by Crippen LogP contribution is 2.08. The highest BCUT2D eigenvalue weighted by atomic mass is 35.5. The summed E-state index contributed by atoms with van der Waals surface area (Å²) in [5, 5.41) is 0. The molecule has 0 aromatic heterocycles. The second-order valence-corrected chi connectivity index (χ2v) is 5.15. The lowest BCUT2D eigenvalue weighted by Gasteiger charge is -2.26. The van der Waals surface area contributed by atoms with Crippen molar-refractivity contribution in [3.8, 4) is 0 Å². The van der Waals surface area contributed by atoms with Gasteiger partial charge in [-0.3, -0.25) is 0 Å². The number of halogens is 1. The van der Waals surface area contributed by atoms with Gasteiger partial charge in [-0.15, -0.1) is 12.4 Å². The predicted octanol–water partition coefficient (Wildman–Crippen LogP) is 2.59. The van der Waals surface area contributed by atoms with E-state index in [4.69, 9.17) is 5.73 Å². The Morgan fingerprint density at radius 3 is 2.12 bits per heavy atom. The number of aryl methyl sites for hydroxylation is 1. The number of hydrogen-bond acceptors (Lipinski definition) is 2. The molecule has 16 heavy (non-hydrogen) atoms. The van der Waals surface area contributed by atoms with E-state index in [9.17, 15) is 0 Å². The highest BCUT2D eigenvalue weighted by Gasteiger charge is 2.13. The van der Waals surface area contributed by atoms with Gasteiger partial charge in [0.1, 0.15) is 0 Å². The number of nitrogens with two attached hydrogens (primary N) is 1. The molecule has 0 heterocycles. The summed E-state index contributed by atoms with van der Waals surface area (Å²) in [5.74, 6) is 0. The van der Waals surface area contributed by atoms with E-state index >= 15 is 0 Å². The molecule has 0 saturated heterocycles. The third kappa shape index (κ3) is 6.11. The molecule has 1 aromatic carbocycles. The molecule has 1 aromatic rings. The molecule has 0 fully saturated rings. The Hall–Kier alpha value is -0.570. The molecule has 0 saturated carbocycles. The van der Waals surface area contributed by atoms with E-state index in [1.54, 1.807) is 0 Å². The van der Waals surface area contributed by atoms with E-state index in [-0.39, 0.29) is 17.9 Å². The first-order valence-electron chi connectivity index (χ1n) is 5.40. The van der Waals surface area contributed by atoms with Gasteiger partial charge in [-0.1, -0.05) is 29.8 Å². The maximum atomic E-state index is 5.97. The van der Waals surface area contributed by atoms with Crippen LogP contribution in [0.4, 0.5) is 0 Å².